The monoisotopic (exact) mass is 337 g/mol. The lowest BCUT2D eigenvalue weighted by atomic mass is 10.00. The number of piperidine rings is 1. The van der Waals surface area contributed by atoms with E-state index in [1.54, 1.807) is 0 Å². The van der Waals surface area contributed by atoms with Gasteiger partial charge in [0.05, 0.1) is 11.9 Å². The highest BCUT2D eigenvalue weighted by molar-refractivity contribution is 5.92. The minimum absolute atomic E-state index is 0.0911. The summed E-state index contributed by atoms with van der Waals surface area (Å²) in [4.78, 5) is 18.9. The van der Waals surface area contributed by atoms with Gasteiger partial charge < -0.3 is 10.2 Å². The van der Waals surface area contributed by atoms with E-state index in [1.807, 2.05) is 36.5 Å². The Bertz CT molecular complexity index is 669. The van der Waals surface area contributed by atoms with Crippen LogP contribution in [0.4, 0.5) is 5.69 Å². The summed E-state index contributed by atoms with van der Waals surface area (Å²) in [6.07, 6.45) is 6.26. The summed E-state index contributed by atoms with van der Waals surface area (Å²) >= 11 is 0. The van der Waals surface area contributed by atoms with E-state index in [0.717, 1.165) is 37.5 Å². The van der Waals surface area contributed by atoms with Gasteiger partial charge in [-0.2, -0.15) is 0 Å². The van der Waals surface area contributed by atoms with Gasteiger partial charge in [-0.15, -0.1) is 0 Å². The minimum atomic E-state index is -0.0911. The fourth-order valence-electron chi connectivity index (χ4n) is 3.36. The third-order valence-electron chi connectivity index (χ3n) is 4.77. The summed E-state index contributed by atoms with van der Waals surface area (Å²) in [5.41, 5.74) is 2.91. The molecule has 3 rings (SSSR count). The second-order valence-electron chi connectivity index (χ2n) is 6.94. The first-order valence-electron chi connectivity index (χ1n) is 9.25. The highest BCUT2D eigenvalue weighted by atomic mass is 16.1. The Labute approximate surface area is 150 Å². The average molecular weight is 337 g/mol. The van der Waals surface area contributed by atoms with Crippen LogP contribution >= 0.6 is 0 Å². The molecule has 1 aromatic carbocycles. The number of anilines is 1. The number of aryl methyl sites for hydroxylation is 1. The first kappa shape index (κ1) is 17.5. The van der Waals surface area contributed by atoms with Crippen molar-refractivity contribution in [2.75, 3.05) is 24.5 Å². The fraction of sp³-hybridized carbons (Fsp3) is 0.429. The van der Waals surface area contributed by atoms with Crippen LogP contribution in [-0.2, 0) is 6.42 Å². The Balaban J connectivity index is 1.46. The standard InChI is InChI=1S/C21H27N3O/c1-17-7-6-14-24(16-17)19-11-12-20(23-15-19)21(25)22-13-5-10-18-8-3-2-4-9-18/h2-4,8-9,11-12,15,17H,5-7,10,13-14,16H2,1H3,(H,22,25). The molecule has 1 aliphatic heterocycles. The van der Waals surface area contributed by atoms with Gasteiger partial charge in [0.1, 0.15) is 5.69 Å². The molecule has 2 aromatic rings. The zero-order chi connectivity index (χ0) is 17.5. The minimum Gasteiger partial charge on any atom is -0.370 e. The smallest absolute Gasteiger partial charge is 0.269 e. The second kappa shape index (κ2) is 8.65. The number of rotatable bonds is 6. The SMILES string of the molecule is CC1CCCN(c2ccc(C(=O)NCCCc3ccccc3)nc2)C1. The molecule has 1 atom stereocenters. The van der Waals surface area contributed by atoms with Crippen molar-refractivity contribution in [3.05, 3.63) is 59.9 Å². The number of carbonyl (C=O) groups is 1. The van der Waals surface area contributed by atoms with Crippen LogP contribution in [0.2, 0.25) is 0 Å². The Kier molecular flexibility index (Phi) is 6.04. The molecule has 4 nitrogen and oxygen atoms in total. The van der Waals surface area contributed by atoms with E-state index in [0.29, 0.717) is 12.2 Å². The number of nitrogens with zero attached hydrogens (tertiary/aromatic N) is 2. The van der Waals surface area contributed by atoms with Gasteiger partial charge in [-0.05, 0) is 49.3 Å². The molecule has 1 N–H and O–H groups in total. The molecule has 4 heteroatoms. The van der Waals surface area contributed by atoms with E-state index < -0.39 is 0 Å². The van der Waals surface area contributed by atoms with E-state index in [4.69, 9.17) is 0 Å². The van der Waals surface area contributed by atoms with Crippen molar-refractivity contribution < 1.29 is 4.79 Å². The maximum Gasteiger partial charge on any atom is 0.269 e. The molecule has 0 aliphatic carbocycles. The Morgan fingerprint density at radius 1 is 1.24 bits per heavy atom. The maximum absolute atomic E-state index is 12.2. The molecule has 1 saturated heterocycles. The van der Waals surface area contributed by atoms with Gasteiger partial charge in [0.15, 0.2) is 0 Å². The lowest BCUT2D eigenvalue weighted by molar-refractivity contribution is 0.0948. The molecule has 0 saturated carbocycles. The maximum atomic E-state index is 12.2. The summed E-state index contributed by atoms with van der Waals surface area (Å²) in [6, 6.07) is 14.2. The van der Waals surface area contributed by atoms with Gasteiger partial charge >= 0.3 is 0 Å². The van der Waals surface area contributed by atoms with E-state index in [-0.39, 0.29) is 5.91 Å². The predicted octanol–water partition coefficient (Wildman–Crippen LogP) is 3.68. The molecule has 0 bridgehead atoms. The molecule has 1 aliphatic rings. The molecule has 1 aromatic heterocycles. The molecule has 0 spiro atoms. The Morgan fingerprint density at radius 3 is 2.80 bits per heavy atom. The van der Waals surface area contributed by atoms with Crippen LogP contribution in [-0.4, -0.2) is 30.5 Å². The lowest BCUT2D eigenvalue weighted by Gasteiger charge is -2.32. The first-order valence-corrected chi connectivity index (χ1v) is 9.25. The summed E-state index contributed by atoms with van der Waals surface area (Å²) in [7, 11) is 0. The summed E-state index contributed by atoms with van der Waals surface area (Å²) in [5.74, 6) is 0.632. The Hall–Kier alpha value is -2.36. The summed E-state index contributed by atoms with van der Waals surface area (Å²) < 4.78 is 0. The normalized spacial score (nSPS) is 17.3. The average Bonchev–Trinajstić information content (AvgIpc) is 2.66. The number of nitrogens with one attached hydrogen (secondary N) is 1. The first-order chi connectivity index (χ1) is 12.2. The van der Waals surface area contributed by atoms with Crippen molar-refractivity contribution in [2.45, 2.75) is 32.6 Å². The number of hydrogen-bond donors (Lipinski definition) is 1. The third-order valence-corrected chi connectivity index (χ3v) is 4.77. The van der Waals surface area contributed by atoms with Crippen LogP contribution in [0.1, 0.15) is 42.2 Å². The van der Waals surface area contributed by atoms with Crippen LogP contribution in [0.25, 0.3) is 0 Å². The predicted molar refractivity (Wildman–Crippen MR) is 102 cm³/mol. The topological polar surface area (TPSA) is 45.2 Å². The quantitative estimate of drug-likeness (QED) is 0.818. The molecular formula is C21H27N3O. The molecule has 1 amide bonds. The van der Waals surface area contributed by atoms with Gasteiger partial charge in [0, 0.05) is 19.6 Å². The van der Waals surface area contributed by atoms with Crippen molar-refractivity contribution >= 4 is 11.6 Å². The number of pyridine rings is 1. The Morgan fingerprint density at radius 2 is 2.08 bits per heavy atom. The molecule has 2 heterocycles. The van der Waals surface area contributed by atoms with Crippen molar-refractivity contribution in [3.8, 4) is 0 Å². The number of aromatic nitrogens is 1. The summed E-state index contributed by atoms with van der Waals surface area (Å²) in [6.45, 7) is 5.11. The van der Waals surface area contributed by atoms with Crippen LogP contribution in [0.3, 0.4) is 0 Å². The van der Waals surface area contributed by atoms with E-state index in [2.05, 4.69) is 34.3 Å². The number of amides is 1. The van der Waals surface area contributed by atoms with Crippen molar-refractivity contribution in [1.29, 1.82) is 0 Å². The lowest BCUT2D eigenvalue weighted by Crippen LogP contribution is -2.34. The number of benzene rings is 1. The van der Waals surface area contributed by atoms with Crippen LogP contribution in [0.5, 0.6) is 0 Å². The van der Waals surface area contributed by atoms with E-state index in [1.165, 1.54) is 18.4 Å². The van der Waals surface area contributed by atoms with Gasteiger partial charge in [-0.25, -0.2) is 4.98 Å². The number of hydrogen-bond acceptors (Lipinski definition) is 3. The molecular weight excluding hydrogens is 310 g/mol. The molecule has 0 radical (unpaired) electrons. The van der Waals surface area contributed by atoms with Crippen molar-refractivity contribution in [3.63, 3.8) is 0 Å². The zero-order valence-corrected chi connectivity index (χ0v) is 14.9. The largest absolute Gasteiger partial charge is 0.370 e. The van der Waals surface area contributed by atoms with E-state index >= 15 is 0 Å². The summed E-state index contributed by atoms with van der Waals surface area (Å²) in [5, 5.41) is 2.96. The third kappa shape index (κ3) is 5.05. The zero-order valence-electron chi connectivity index (χ0n) is 14.9. The van der Waals surface area contributed by atoms with Crippen molar-refractivity contribution in [1.82, 2.24) is 10.3 Å². The molecule has 1 unspecified atom stereocenters. The fourth-order valence-corrected chi connectivity index (χ4v) is 3.36. The van der Waals surface area contributed by atoms with Crippen LogP contribution in [0.15, 0.2) is 48.7 Å². The van der Waals surface area contributed by atoms with Crippen LogP contribution in [0, 0.1) is 5.92 Å². The van der Waals surface area contributed by atoms with Gasteiger partial charge in [0.25, 0.3) is 5.91 Å². The van der Waals surface area contributed by atoms with Crippen LogP contribution < -0.4 is 10.2 Å². The second-order valence-corrected chi connectivity index (χ2v) is 6.94. The highest BCUT2D eigenvalue weighted by Gasteiger charge is 2.17. The van der Waals surface area contributed by atoms with Gasteiger partial charge in [-0.3, -0.25) is 4.79 Å². The molecule has 132 valence electrons. The van der Waals surface area contributed by atoms with Crippen molar-refractivity contribution in [2.24, 2.45) is 5.92 Å². The van der Waals surface area contributed by atoms with E-state index in [9.17, 15) is 4.79 Å². The van der Waals surface area contributed by atoms with Gasteiger partial charge in [-0.1, -0.05) is 37.3 Å². The molecule has 25 heavy (non-hydrogen) atoms. The highest BCUT2D eigenvalue weighted by Crippen LogP contribution is 2.22. The number of carbonyl (C=O) groups excluding carboxylic acids is 1. The molecule has 1 fully saturated rings. The van der Waals surface area contributed by atoms with Gasteiger partial charge in [0.2, 0.25) is 0 Å².